The first-order valence-electron chi connectivity index (χ1n) is 12.5. The van der Waals surface area contributed by atoms with E-state index in [1.807, 2.05) is 0 Å². The van der Waals surface area contributed by atoms with Crippen LogP contribution in [0.4, 0.5) is 0 Å². The van der Waals surface area contributed by atoms with Gasteiger partial charge in [0.25, 0.3) is 0 Å². The molecule has 0 amide bonds. The maximum Gasteiger partial charge on any atom is 0.169 e. The third-order valence-electron chi connectivity index (χ3n) is 10.9. The fourth-order valence-corrected chi connectivity index (χ4v) is 9.67. The first-order chi connectivity index (χ1) is 14.3. The molecule has 6 fully saturated rings. The molecule has 0 aromatic heterocycles. The van der Waals surface area contributed by atoms with E-state index in [2.05, 4.69) is 20.8 Å². The number of aliphatic hydroxyl groups excluding tert-OH is 1. The highest BCUT2D eigenvalue weighted by atomic mass is 16.7. The van der Waals surface area contributed by atoms with Gasteiger partial charge in [-0.25, -0.2) is 0 Å². The molecular weight excluding hydrogens is 380 g/mol. The van der Waals surface area contributed by atoms with Crippen LogP contribution in [-0.2, 0) is 18.9 Å². The van der Waals surface area contributed by atoms with E-state index in [0.717, 1.165) is 38.9 Å². The van der Waals surface area contributed by atoms with Gasteiger partial charge in [0.05, 0.1) is 32.5 Å². The fourth-order valence-electron chi connectivity index (χ4n) is 9.67. The maximum absolute atomic E-state index is 11.7. The summed E-state index contributed by atoms with van der Waals surface area (Å²) in [5.41, 5.74) is 0.309. The molecule has 2 saturated heterocycles. The quantitative estimate of drug-likeness (QED) is 0.691. The molecule has 0 aromatic carbocycles. The topological polar surface area (TPSA) is 57.2 Å². The first-order valence-corrected chi connectivity index (χ1v) is 12.5. The molecule has 2 heterocycles. The van der Waals surface area contributed by atoms with Gasteiger partial charge in [-0.15, -0.1) is 0 Å². The summed E-state index contributed by atoms with van der Waals surface area (Å²) in [6.07, 6.45) is 8.70. The van der Waals surface area contributed by atoms with E-state index in [1.165, 1.54) is 25.7 Å². The molecule has 0 bridgehead atoms. The van der Waals surface area contributed by atoms with Gasteiger partial charge in [-0.2, -0.15) is 0 Å². The summed E-state index contributed by atoms with van der Waals surface area (Å²) >= 11 is 0. The van der Waals surface area contributed by atoms with E-state index in [4.69, 9.17) is 18.9 Å². The predicted octanol–water partition coefficient (Wildman–Crippen LogP) is 4.12. The Labute approximate surface area is 181 Å². The minimum absolute atomic E-state index is 0.108. The fraction of sp³-hybridized carbons (Fsp3) is 1.00. The molecule has 1 spiro atoms. The standard InChI is InChI=1S/C25H40O5/c1-22-8-9-25(29-12-13-30-25)14-16(22)4-5-17-18-6-7-20(24(3)27-10-11-28-24)23(18,2)15-19(26)21(17)22/h16-21,26H,4-15H2,1-3H3/t16-,17-,18-,19-,20+,21-,22+,23+/m1/s1. The Kier molecular flexibility index (Phi) is 4.53. The zero-order chi connectivity index (χ0) is 20.8. The molecule has 6 rings (SSSR count). The van der Waals surface area contributed by atoms with Crippen LogP contribution in [0.1, 0.15) is 72.1 Å². The summed E-state index contributed by atoms with van der Waals surface area (Å²) in [5.74, 6) is 1.89. The molecule has 8 atom stereocenters. The number of aliphatic hydroxyl groups is 1. The van der Waals surface area contributed by atoms with E-state index in [1.54, 1.807) is 0 Å². The van der Waals surface area contributed by atoms with Gasteiger partial charge < -0.3 is 24.1 Å². The zero-order valence-electron chi connectivity index (χ0n) is 19.0. The molecule has 0 radical (unpaired) electrons. The highest BCUT2D eigenvalue weighted by Gasteiger charge is 2.67. The number of hydrogen-bond donors (Lipinski definition) is 1. The summed E-state index contributed by atoms with van der Waals surface area (Å²) in [5, 5.41) is 11.7. The van der Waals surface area contributed by atoms with Crippen molar-refractivity contribution in [1.29, 1.82) is 0 Å². The van der Waals surface area contributed by atoms with Gasteiger partial charge in [0.2, 0.25) is 0 Å². The largest absolute Gasteiger partial charge is 0.393 e. The van der Waals surface area contributed by atoms with Crippen LogP contribution in [0.3, 0.4) is 0 Å². The Morgan fingerprint density at radius 2 is 1.43 bits per heavy atom. The number of hydrogen-bond acceptors (Lipinski definition) is 5. The molecule has 2 aliphatic heterocycles. The van der Waals surface area contributed by atoms with Crippen LogP contribution in [-0.4, -0.2) is 49.2 Å². The monoisotopic (exact) mass is 420 g/mol. The maximum atomic E-state index is 11.7. The van der Waals surface area contributed by atoms with E-state index in [-0.39, 0.29) is 22.7 Å². The molecule has 1 N–H and O–H groups in total. The number of rotatable bonds is 1. The van der Waals surface area contributed by atoms with Crippen molar-refractivity contribution >= 4 is 0 Å². The Morgan fingerprint density at radius 3 is 2.17 bits per heavy atom. The van der Waals surface area contributed by atoms with Crippen molar-refractivity contribution in [2.45, 2.75) is 89.8 Å². The summed E-state index contributed by atoms with van der Waals surface area (Å²) < 4.78 is 24.5. The lowest BCUT2D eigenvalue weighted by atomic mass is 9.43. The molecule has 4 aliphatic carbocycles. The SMILES string of the molecule is CC1([C@H]2CC[C@@H]3[C@H]4CC[C@@H]5CC6(CC[C@]5(C)[C@H]4[C@H](O)C[C@@]32C)OCCO6)OCCO1. The van der Waals surface area contributed by atoms with Crippen molar-refractivity contribution in [2.75, 3.05) is 26.4 Å². The molecule has 4 saturated carbocycles. The number of ether oxygens (including phenoxy) is 4. The van der Waals surface area contributed by atoms with Crippen LogP contribution in [0, 0.1) is 40.4 Å². The first kappa shape index (κ1) is 20.4. The Morgan fingerprint density at radius 1 is 0.733 bits per heavy atom. The smallest absolute Gasteiger partial charge is 0.169 e. The third kappa shape index (κ3) is 2.65. The van der Waals surface area contributed by atoms with Crippen LogP contribution in [0.2, 0.25) is 0 Å². The van der Waals surface area contributed by atoms with Gasteiger partial charge in [-0.1, -0.05) is 13.8 Å². The lowest BCUT2D eigenvalue weighted by Crippen LogP contribution is -2.61. The van der Waals surface area contributed by atoms with Crippen molar-refractivity contribution in [3.8, 4) is 0 Å². The molecule has 0 unspecified atom stereocenters. The van der Waals surface area contributed by atoms with Crippen LogP contribution < -0.4 is 0 Å². The minimum atomic E-state index is -0.467. The van der Waals surface area contributed by atoms with E-state index in [0.29, 0.717) is 42.8 Å². The summed E-state index contributed by atoms with van der Waals surface area (Å²) in [6, 6.07) is 0. The summed E-state index contributed by atoms with van der Waals surface area (Å²) in [4.78, 5) is 0. The number of fused-ring (bicyclic) bond motifs is 5. The predicted molar refractivity (Wildman–Crippen MR) is 112 cm³/mol. The van der Waals surface area contributed by atoms with Crippen LogP contribution >= 0.6 is 0 Å². The minimum Gasteiger partial charge on any atom is -0.393 e. The van der Waals surface area contributed by atoms with Crippen molar-refractivity contribution < 1.29 is 24.1 Å². The Bertz CT molecular complexity index is 683. The third-order valence-corrected chi connectivity index (χ3v) is 10.9. The second-order valence-corrected chi connectivity index (χ2v) is 12.0. The van der Waals surface area contributed by atoms with Gasteiger partial charge in [0.15, 0.2) is 11.6 Å². The highest BCUT2D eigenvalue weighted by molar-refractivity contribution is 5.14. The molecule has 5 heteroatoms. The van der Waals surface area contributed by atoms with Gasteiger partial charge in [0, 0.05) is 18.8 Å². The molecule has 0 aromatic rings. The van der Waals surface area contributed by atoms with Crippen molar-refractivity contribution in [3.05, 3.63) is 0 Å². The van der Waals surface area contributed by atoms with Crippen LogP contribution in [0.25, 0.3) is 0 Å². The zero-order valence-corrected chi connectivity index (χ0v) is 19.0. The van der Waals surface area contributed by atoms with Crippen LogP contribution in [0.15, 0.2) is 0 Å². The van der Waals surface area contributed by atoms with Gasteiger partial charge in [0.1, 0.15) is 0 Å². The molecule has 170 valence electrons. The van der Waals surface area contributed by atoms with Gasteiger partial charge >= 0.3 is 0 Å². The highest BCUT2D eigenvalue weighted by Crippen LogP contribution is 2.69. The molecule has 5 nitrogen and oxygen atoms in total. The second-order valence-electron chi connectivity index (χ2n) is 12.0. The van der Waals surface area contributed by atoms with E-state index < -0.39 is 5.79 Å². The van der Waals surface area contributed by atoms with Crippen LogP contribution in [0.5, 0.6) is 0 Å². The normalized spacial score (nSPS) is 54.0. The average Bonchev–Trinajstić information content (AvgIpc) is 3.41. The lowest BCUT2D eigenvalue weighted by molar-refractivity contribution is -0.254. The molecular formula is C25H40O5. The lowest BCUT2D eigenvalue weighted by Gasteiger charge is -2.63. The summed E-state index contributed by atoms with van der Waals surface area (Å²) in [6.45, 7) is 9.96. The van der Waals surface area contributed by atoms with E-state index in [9.17, 15) is 5.11 Å². The summed E-state index contributed by atoms with van der Waals surface area (Å²) in [7, 11) is 0. The van der Waals surface area contributed by atoms with Crippen molar-refractivity contribution in [3.63, 3.8) is 0 Å². The van der Waals surface area contributed by atoms with Crippen molar-refractivity contribution in [2.24, 2.45) is 40.4 Å². The van der Waals surface area contributed by atoms with Gasteiger partial charge in [-0.05, 0) is 80.0 Å². The van der Waals surface area contributed by atoms with Crippen molar-refractivity contribution in [1.82, 2.24) is 0 Å². The molecule has 6 aliphatic rings. The Hall–Kier alpha value is -0.200. The van der Waals surface area contributed by atoms with E-state index >= 15 is 0 Å². The average molecular weight is 421 g/mol. The Balaban J connectivity index is 1.28. The second kappa shape index (κ2) is 6.66. The molecule has 30 heavy (non-hydrogen) atoms. The van der Waals surface area contributed by atoms with Gasteiger partial charge in [-0.3, -0.25) is 0 Å².